The van der Waals surface area contributed by atoms with Crippen molar-refractivity contribution >= 4 is 0 Å². The van der Waals surface area contributed by atoms with Gasteiger partial charge in [0, 0.05) is 11.6 Å². The van der Waals surface area contributed by atoms with Gasteiger partial charge < -0.3 is 10.1 Å². The Balaban J connectivity index is 0.000000673. The smallest absolute Gasteiger partial charge is 0.123 e. The van der Waals surface area contributed by atoms with Crippen LogP contribution in [0.3, 0.4) is 0 Å². The summed E-state index contributed by atoms with van der Waals surface area (Å²) >= 11 is 0. The largest absolute Gasteiger partial charge is 0.496 e. The molecular formula is C14H25NO. The molecule has 0 heterocycles. The first-order chi connectivity index (χ1) is 7.71. The molecule has 16 heavy (non-hydrogen) atoms. The predicted octanol–water partition coefficient (Wildman–Crippen LogP) is 3.78. The van der Waals surface area contributed by atoms with E-state index in [9.17, 15) is 0 Å². The molecule has 0 aliphatic carbocycles. The second-order valence-electron chi connectivity index (χ2n) is 3.73. The molecule has 1 aromatic rings. The van der Waals surface area contributed by atoms with E-state index in [1.165, 1.54) is 12.0 Å². The molecule has 0 unspecified atom stereocenters. The molecule has 92 valence electrons. The van der Waals surface area contributed by atoms with E-state index in [4.69, 9.17) is 4.74 Å². The first-order valence-corrected chi connectivity index (χ1v) is 6.07. The molecule has 0 amide bonds. The molecule has 1 aromatic carbocycles. The molecule has 2 heteroatoms. The third-order valence-electron chi connectivity index (χ3n) is 2.12. The average molecular weight is 223 g/mol. The molecule has 0 aromatic heterocycles. The maximum absolute atomic E-state index is 5.27. The number of para-hydroxylation sites is 1. The summed E-state index contributed by atoms with van der Waals surface area (Å²) in [4.78, 5) is 0. The standard InChI is InChI=1S/C11H17NO.C3H8/c1-4-12-9(2)10-7-5-6-8-11(10)13-3;1-3-2/h5-9,12H,4H2,1-3H3;3H2,1-2H3/t9-;/m0./s1. The van der Waals surface area contributed by atoms with Crippen LogP contribution in [0.2, 0.25) is 0 Å². The number of methoxy groups -OCH3 is 1. The van der Waals surface area contributed by atoms with Crippen LogP contribution in [0.5, 0.6) is 5.75 Å². The zero-order valence-electron chi connectivity index (χ0n) is 11.2. The zero-order chi connectivity index (χ0) is 12.4. The van der Waals surface area contributed by atoms with Crippen molar-refractivity contribution in [1.29, 1.82) is 0 Å². The van der Waals surface area contributed by atoms with E-state index >= 15 is 0 Å². The second kappa shape index (κ2) is 9.22. The van der Waals surface area contributed by atoms with Gasteiger partial charge in [-0.15, -0.1) is 0 Å². The van der Waals surface area contributed by atoms with Gasteiger partial charge in [0.1, 0.15) is 5.75 Å². The number of ether oxygens (including phenoxy) is 1. The molecule has 0 spiro atoms. The van der Waals surface area contributed by atoms with Crippen molar-refractivity contribution < 1.29 is 4.74 Å². The highest BCUT2D eigenvalue weighted by atomic mass is 16.5. The molecule has 0 bridgehead atoms. The Labute approximate surface area is 100 Å². The van der Waals surface area contributed by atoms with Crippen molar-refractivity contribution in [2.75, 3.05) is 13.7 Å². The number of benzene rings is 1. The topological polar surface area (TPSA) is 21.3 Å². The van der Waals surface area contributed by atoms with E-state index in [1.54, 1.807) is 7.11 Å². The minimum absolute atomic E-state index is 0.348. The van der Waals surface area contributed by atoms with Crippen LogP contribution < -0.4 is 10.1 Å². The Bertz CT molecular complexity index is 273. The van der Waals surface area contributed by atoms with E-state index in [0.717, 1.165) is 12.3 Å². The Morgan fingerprint density at radius 1 is 1.19 bits per heavy atom. The molecule has 2 nitrogen and oxygen atoms in total. The highest BCUT2D eigenvalue weighted by Crippen LogP contribution is 2.23. The van der Waals surface area contributed by atoms with Gasteiger partial charge in [-0.2, -0.15) is 0 Å². The maximum Gasteiger partial charge on any atom is 0.123 e. The molecular weight excluding hydrogens is 198 g/mol. The van der Waals surface area contributed by atoms with Crippen molar-refractivity contribution in [2.24, 2.45) is 0 Å². The van der Waals surface area contributed by atoms with E-state index in [-0.39, 0.29) is 0 Å². The molecule has 1 atom stereocenters. The van der Waals surface area contributed by atoms with Gasteiger partial charge in [-0.1, -0.05) is 45.4 Å². The van der Waals surface area contributed by atoms with Crippen molar-refractivity contribution in [2.45, 2.75) is 40.2 Å². The SMILES string of the molecule is CCC.CCN[C@@H](C)c1ccccc1OC. The van der Waals surface area contributed by atoms with Gasteiger partial charge in [-0.05, 0) is 19.5 Å². The van der Waals surface area contributed by atoms with E-state index in [0.29, 0.717) is 6.04 Å². The van der Waals surface area contributed by atoms with Gasteiger partial charge in [0.25, 0.3) is 0 Å². The first-order valence-electron chi connectivity index (χ1n) is 6.07. The molecule has 1 N–H and O–H groups in total. The summed E-state index contributed by atoms with van der Waals surface area (Å²) in [6.45, 7) is 9.46. The normalized spacial score (nSPS) is 11.3. The molecule has 0 radical (unpaired) electrons. The van der Waals surface area contributed by atoms with Crippen LogP contribution in [0.15, 0.2) is 24.3 Å². The van der Waals surface area contributed by atoms with Gasteiger partial charge in [0.05, 0.1) is 7.11 Å². The summed E-state index contributed by atoms with van der Waals surface area (Å²) in [5.74, 6) is 0.955. The highest BCUT2D eigenvalue weighted by Gasteiger charge is 2.08. The summed E-state index contributed by atoms with van der Waals surface area (Å²) < 4.78 is 5.27. The summed E-state index contributed by atoms with van der Waals surface area (Å²) in [6, 6.07) is 8.45. The predicted molar refractivity (Wildman–Crippen MR) is 71.1 cm³/mol. The molecule has 0 saturated heterocycles. The number of rotatable bonds is 4. The number of hydrogen-bond acceptors (Lipinski definition) is 2. The third-order valence-corrected chi connectivity index (χ3v) is 2.12. The fourth-order valence-electron chi connectivity index (χ4n) is 1.44. The summed E-state index contributed by atoms with van der Waals surface area (Å²) in [5.41, 5.74) is 1.21. The van der Waals surface area contributed by atoms with Crippen LogP contribution in [0.4, 0.5) is 0 Å². The third kappa shape index (κ3) is 5.17. The lowest BCUT2D eigenvalue weighted by Gasteiger charge is -2.15. The van der Waals surface area contributed by atoms with E-state index in [1.807, 2.05) is 18.2 Å². The Morgan fingerprint density at radius 2 is 1.75 bits per heavy atom. The van der Waals surface area contributed by atoms with Gasteiger partial charge in [-0.3, -0.25) is 0 Å². The van der Waals surface area contributed by atoms with Gasteiger partial charge in [0.15, 0.2) is 0 Å². The van der Waals surface area contributed by atoms with Crippen molar-refractivity contribution in [3.8, 4) is 5.75 Å². The molecule has 1 rings (SSSR count). The average Bonchev–Trinajstić information content (AvgIpc) is 2.30. The maximum atomic E-state index is 5.27. The number of hydrogen-bond donors (Lipinski definition) is 1. The molecule has 0 fully saturated rings. The highest BCUT2D eigenvalue weighted by molar-refractivity contribution is 5.35. The fourth-order valence-corrected chi connectivity index (χ4v) is 1.44. The molecule has 0 aliphatic heterocycles. The van der Waals surface area contributed by atoms with Crippen molar-refractivity contribution in [1.82, 2.24) is 5.32 Å². The van der Waals surface area contributed by atoms with Crippen LogP contribution in [0.25, 0.3) is 0 Å². The summed E-state index contributed by atoms with van der Waals surface area (Å²) in [7, 11) is 1.71. The van der Waals surface area contributed by atoms with Crippen LogP contribution in [-0.2, 0) is 0 Å². The second-order valence-corrected chi connectivity index (χ2v) is 3.73. The lowest BCUT2D eigenvalue weighted by Crippen LogP contribution is -2.18. The Kier molecular flexibility index (Phi) is 8.64. The quantitative estimate of drug-likeness (QED) is 0.838. The van der Waals surface area contributed by atoms with Crippen molar-refractivity contribution in [3.63, 3.8) is 0 Å². The van der Waals surface area contributed by atoms with Gasteiger partial charge in [0.2, 0.25) is 0 Å². The Morgan fingerprint density at radius 3 is 2.25 bits per heavy atom. The fraction of sp³-hybridized carbons (Fsp3) is 0.571. The summed E-state index contributed by atoms with van der Waals surface area (Å²) in [6.07, 6.45) is 1.25. The Hall–Kier alpha value is -1.02. The van der Waals surface area contributed by atoms with E-state index < -0.39 is 0 Å². The van der Waals surface area contributed by atoms with Crippen LogP contribution in [-0.4, -0.2) is 13.7 Å². The van der Waals surface area contributed by atoms with Gasteiger partial charge >= 0.3 is 0 Å². The zero-order valence-corrected chi connectivity index (χ0v) is 11.2. The lowest BCUT2D eigenvalue weighted by molar-refractivity contribution is 0.402. The molecule has 0 aliphatic rings. The number of nitrogens with one attached hydrogen (secondary N) is 1. The van der Waals surface area contributed by atoms with Crippen molar-refractivity contribution in [3.05, 3.63) is 29.8 Å². The lowest BCUT2D eigenvalue weighted by atomic mass is 10.1. The van der Waals surface area contributed by atoms with Crippen LogP contribution in [0.1, 0.15) is 45.7 Å². The van der Waals surface area contributed by atoms with Gasteiger partial charge in [-0.25, -0.2) is 0 Å². The first kappa shape index (κ1) is 15.0. The minimum atomic E-state index is 0.348. The molecule has 0 saturated carbocycles. The van der Waals surface area contributed by atoms with Crippen LogP contribution in [0, 0.1) is 0 Å². The van der Waals surface area contributed by atoms with E-state index in [2.05, 4.69) is 39.1 Å². The summed E-state index contributed by atoms with van der Waals surface area (Å²) in [5, 5.41) is 3.36. The van der Waals surface area contributed by atoms with Crippen LogP contribution >= 0.6 is 0 Å². The monoisotopic (exact) mass is 223 g/mol. The minimum Gasteiger partial charge on any atom is -0.496 e.